The highest BCUT2D eigenvalue weighted by Crippen LogP contribution is 2.22. The molecule has 0 aromatic rings. The van der Waals surface area contributed by atoms with Gasteiger partial charge in [0.15, 0.2) is 0 Å². The highest BCUT2D eigenvalue weighted by atomic mass is 16.3. The lowest BCUT2D eigenvalue weighted by Crippen LogP contribution is -2.43. The summed E-state index contributed by atoms with van der Waals surface area (Å²) in [5.41, 5.74) is 6.07. The van der Waals surface area contributed by atoms with Crippen molar-refractivity contribution in [1.82, 2.24) is 4.90 Å². The molecule has 0 aliphatic heterocycles. The lowest BCUT2D eigenvalue weighted by Gasteiger charge is -2.31. The predicted molar refractivity (Wildman–Crippen MR) is 72.9 cm³/mol. The average molecular weight is 242 g/mol. The molecule has 0 radical (unpaired) electrons. The maximum atomic E-state index is 10.1. The van der Waals surface area contributed by atoms with Crippen molar-refractivity contribution in [2.24, 2.45) is 11.7 Å². The van der Waals surface area contributed by atoms with Gasteiger partial charge in [-0.25, -0.2) is 0 Å². The topological polar surface area (TPSA) is 49.5 Å². The molecule has 1 rings (SSSR count). The summed E-state index contributed by atoms with van der Waals surface area (Å²) in [6.45, 7) is 5.34. The SMILES string of the molecule is CC(C)C(N)CCN(C)C1CCCCCC1O. The second kappa shape index (κ2) is 7.34. The van der Waals surface area contributed by atoms with E-state index in [0.29, 0.717) is 12.0 Å². The van der Waals surface area contributed by atoms with E-state index in [9.17, 15) is 5.11 Å². The van der Waals surface area contributed by atoms with E-state index >= 15 is 0 Å². The van der Waals surface area contributed by atoms with Gasteiger partial charge in [-0.1, -0.05) is 33.1 Å². The second-order valence-electron chi connectivity index (χ2n) is 5.95. The van der Waals surface area contributed by atoms with Crippen molar-refractivity contribution in [2.75, 3.05) is 13.6 Å². The Bertz CT molecular complexity index is 208. The molecule has 102 valence electrons. The number of hydrogen-bond acceptors (Lipinski definition) is 3. The van der Waals surface area contributed by atoms with E-state index in [1.807, 2.05) is 0 Å². The van der Waals surface area contributed by atoms with Crippen LogP contribution in [0.5, 0.6) is 0 Å². The van der Waals surface area contributed by atoms with E-state index in [2.05, 4.69) is 25.8 Å². The highest BCUT2D eigenvalue weighted by molar-refractivity contribution is 4.81. The molecular weight excluding hydrogens is 212 g/mol. The smallest absolute Gasteiger partial charge is 0.0695 e. The molecule has 0 heterocycles. The average Bonchev–Trinajstić information content (AvgIpc) is 2.50. The van der Waals surface area contributed by atoms with Crippen LogP contribution >= 0.6 is 0 Å². The molecule has 17 heavy (non-hydrogen) atoms. The van der Waals surface area contributed by atoms with Crippen LogP contribution < -0.4 is 5.73 Å². The van der Waals surface area contributed by atoms with Crippen LogP contribution in [0.25, 0.3) is 0 Å². The van der Waals surface area contributed by atoms with Gasteiger partial charge in [-0.3, -0.25) is 0 Å². The van der Waals surface area contributed by atoms with Gasteiger partial charge in [0, 0.05) is 12.1 Å². The van der Waals surface area contributed by atoms with Gasteiger partial charge in [-0.15, -0.1) is 0 Å². The number of aliphatic hydroxyl groups excluding tert-OH is 1. The summed E-state index contributed by atoms with van der Waals surface area (Å²) in [6, 6.07) is 0.622. The quantitative estimate of drug-likeness (QED) is 0.725. The molecule has 0 aromatic carbocycles. The molecule has 1 fully saturated rings. The highest BCUT2D eigenvalue weighted by Gasteiger charge is 2.25. The van der Waals surface area contributed by atoms with E-state index in [-0.39, 0.29) is 12.1 Å². The van der Waals surface area contributed by atoms with Crippen molar-refractivity contribution in [1.29, 1.82) is 0 Å². The third-order valence-corrected chi connectivity index (χ3v) is 4.18. The largest absolute Gasteiger partial charge is 0.391 e. The molecular formula is C14H30N2O. The fourth-order valence-corrected chi connectivity index (χ4v) is 2.63. The number of nitrogens with zero attached hydrogens (tertiary/aromatic N) is 1. The van der Waals surface area contributed by atoms with Crippen LogP contribution in [0.1, 0.15) is 52.4 Å². The first-order valence-electron chi connectivity index (χ1n) is 7.16. The molecule has 0 aromatic heterocycles. The Morgan fingerprint density at radius 2 is 1.88 bits per heavy atom. The molecule has 0 saturated heterocycles. The summed E-state index contributed by atoms with van der Waals surface area (Å²) in [7, 11) is 2.13. The number of aliphatic hydroxyl groups is 1. The van der Waals surface area contributed by atoms with Crippen molar-refractivity contribution < 1.29 is 5.11 Å². The number of rotatable bonds is 5. The van der Waals surface area contributed by atoms with Gasteiger partial charge < -0.3 is 15.7 Å². The maximum Gasteiger partial charge on any atom is 0.0695 e. The van der Waals surface area contributed by atoms with Gasteiger partial charge >= 0.3 is 0 Å². The summed E-state index contributed by atoms with van der Waals surface area (Å²) in [5, 5.41) is 10.1. The minimum absolute atomic E-state index is 0.141. The van der Waals surface area contributed by atoms with Crippen LogP contribution in [0.15, 0.2) is 0 Å². The molecule has 0 bridgehead atoms. The van der Waals surface area contributed by atoms with Crippen molar-refractivity contribution in [3.8, 4) is 0 Å². The van der Waals surface area contributed by atoms with E-state index < -0.39 is 0 Å². The van der Waals surface area contributed by atoms with E-state index in [0.717, 1.165) is 25.8 Å². The summed E-state index contributed by atoms with van der Waals surface area (Å²) in [6.07, 6.45) is 6.68. The van der Waals surface area contributed by atoms with Crippen LogP contribution in [0, 0.1) is 5.92 Å². The Morgan fingerprint density at radius 1 is 1.24 bits per heavy atom. The Labute approximate surface area is 106 Å². The first-order chi connectivity index (χ1) is 8.02. The molecule has 1 saturated carbocycles. The Morgan fingerprint density at radius 3 is 2.53 bits per heavy atom. The summed E-state index contributed by atoms with van der Waals surface area (Å²) in [5.74, 6) is 0.544. The van der Waals surface area contributed by atoms with Crippen molar-refractivity contribution in [2.45, 2.75) is 70.6 Å². The monoisotopic (exact) mass is 242 g/mol. The first-order valence-corrected chi connectivity index (χ1v) is 7.16. The van der Waals surface area contributed by atoms with E-state index in [1.165, 1.54) is 19.3 Å². The lowest BCUT2D eigenvalue weighted by molar-refractivity contribution is 0.0560. The molecule has 1 aliphatic rings. The third-order valence-electron chi connectivity index (χ3n) is 4.18. The summed E-state index contributed by atoms with van der Waals surface area (Å²) >= 11 is 0. The van der Waals surface area contributed by atoms with E-state index in [1.54, 1.807) is 0 Å². The maximum absolute atomic E-state index is 10.1. The summed E-state index contributed by atoms with van der Waals surface area (Å²) < 4.78 is 0. The third kappa shape index (κ3) is 4.94. The van der Waals surface area contributed by atoms with Crippen molar-refractivity contribution in [3.63, 3.8) is 0 Å². The molecule has 3 heteroatoms. The predicted octanol–water partition coefficient (Wildman–Crippen LogP) is 1.99. The molecule has 3 atom stereocenters. The lowest BCUT2D eigenvalue weighted by atomic mass is 10.00. The van der Waals surface area contributed by atoms with Crippen LogP contribution in [0.3, 0.4) is 0 Å². The normalized spacial score (nSPS) is 28.4. The Kier molecular flexibility index (Phi) is 6.45. The second-order valence-corrected chi connectivity index (χ2v) is 5.95. The fourth-order valence-electron chi connectivity index (χ4n) is 2.63. The van der Waals surface area contributed by atoms with Gasteiger partial charge in [-0.2, -0.15) is 0 Å². The van der Waals surface area contributed by atoms with Crippen molar-refractivity contribution in [3.05, 3.63) is 0 Å². The van der Waals surface area contributed by atoms with E-state index in [4.69, 9.17) is 5.73 Å². The van der Waals surface area contributed by atoms with Gasteiger partial charge in [-0.05, 0) is 38.8 Å². The van der Waals surface area contributed by atoms with Crippen LogP contribution in [-0.4, -0.2) is 41.8 Å². The van der Waals surface area contributed by atoms with Gasteiger partial charge in [0.2, 0.25) is 0 Å². The Hall–Kier alpha value is -0.120. The summed E-state index contributed by atoms with van der Waals surface area (Å²) in [4.78, 5) is 2.32. The van der Waals surface area contributed by atoms with Crippen LogP contribution in [0.2, 0.25) is 0 Å². The van der Waals surface area contributed by atoms with Crippen LogP contribution in [-0.2, 0) is 0 Å². The number of nitrogens with two attached hydrogens (primary N) is 1. The molecule has 0 spiro atoms. The molecule has 1 aliphatic carbocycles. The van der Waals surface area contributed by atoms with Crippen LogP contribution in [0.4, 0.5) is 0 Å². The molecule has 3 nitrogen and oxygen atoms in total. The molecule has 3 N–H and O–H groups in total. The minimum atomic E-state index is -0.141. The van der Waals surface area contributed by atoms with Gasteiger partial charge in [0.1, 0.15) is 0 Å². The fraction of sp³-hybridized carbons (Fsp3) is 1.00. The minimum Gasteiger partial charge on any atom is -0.391 e. The standard InChI is InChI=1S/C14H30N2O/c1-11(2)12(15)9-10-16(3)13-7-5-4-6-8-14(13)17/h11-14,17H,4-10,15H2,1-3H3. The number of hydrogen-bond donors (Lipinski definition) is 2. The molecule has 0 amide bonds. The van der Waals surface area contributed by atoms with Gasteiger partial charge in [0.05, 0.1) is 6.10 Å². The zero-order chi connectivity index (χ0) is 12.8. The first kappa shape index (κ1) is 14.9. The zero-order valence-corrected chi connectivity index (χ0v) is 11.7. The molecule has 3 unspecified atom stereocenters. The zero-order valence-electron chi connectivity index (χ0n) is 11.7. The van der Waals surface area contributed by atoms with Crippen molar-refractivity contribution >= 4 is 0 Å². The Balaban J connectivity index is 2.36. The van der Waals surface area contributed by atoms with Gasteiger partial charge in [0.25, 0.3) is 0 Å². The number of likely N-dealkylation sites (N-methyl/N-ethyl adjacent to an activating group) is 1.